The predicted octanol–water partition coefficient (Wildman–Crippen LogP) is 1.35. The Labute approximate surface area is 64.9 Å². The first-order valence-electron chi connectivity index (χ1n) is 3.86. The lowest BCUT2D eigenvalue weighted by Gasteiger charge is -1.90. The summed E-state index contributed by atoms with van der Waals surface area (Å²) in [6.07, 6.45) is 3.33. The SMILES string of the molecule is CCCCCO.CN(C)C. The van der Waals surface area contributed by atoms with Gasteiger partial charge in [-0.2, -0.15) is 0 Å². The molecule has 0 radical (unpaired) electrons. The van der Waals surface area contributed by atoms with Gasteiger partial charge in [-0.15, -0.1) is 0 Å². The van der Waals surface area contributed by atoms with Crippen LogP contribution >= 0.6 is 0 Å². The molecule has 1 N–H and O–H groups in total. The molecule has 0 saturated carbocycles. The van der Waals surface area contributed by atoms with Gasteiger partial charge in [-0.25, -0.2) is 0 Å². The zero-order valence-electron chi connectivity index (χ0n) is 7.72. The molecule has 2 nitrogen and oxygen atoms in total. The number of aliphatic hydroxyl groups excluding tert-OH is 1. The normalized spacial score (nSPS) is 9.00. The van der Waals surface area contributed by atoms with E-state index in [1.165, 1.54) is 6.42 Å². The Morgan fingerprint density at radius 2 is 1.50 bits per heavy atom. The van der Waals surface area contributed by atoms with Crippen molar-refractivity contribution in [2.24, 2.45) is 0 Å². The van der Waals surface area contributed by atoms with Gasteiger partial charge in [0.25, 0.3) is 0 Å². The zero-order valence-corrected chi connectivity index (χ0v) is 7.72. The van der Waals surface area contributed by atoms with Gasteiger partial charge < -0.3 is 10.0 Å². The van der Waals surface area contributed by atoms with Crippen molar-refractivity contribution in [2.45, 2.75) is 26.2 Å². The number of hydrogen-bond acceptors (Lipinski definition) is 2. The summed E-state index contributed by atoms with van der Waals surface area (Å²) in [5.74, 6) is 0. The second-order valence-corrected chi connectivity index (χ2v) is 2.77. The van der Waals surface area contributed by atoms with Crippen molar-refractivity contribution in [1.29, 1.82) is 0 Å². The fourth-order valence-corrected chi connectivity index (χ4v) is 0.362. The minimum absolute atomic E-state index is 0.355. The van der Waals surface area contributed by atoms with Crippen LogP contribution in [0.2, 0.25) is 0 Å². The molecule has 0 atom stereocenters. The van der Waals surface area contributed by atoms with Gasteiger partial charge in [0.1, 0.15) is 0 Å². The summed E-state index contributed by atoms with van der Waals surface area (Å²) in [4.78, 5) is 2.00. The monoisotopic (exact) mass is 147 g/mol. The first-order chi connectivity index (χ1) is 4.65. The van der Waals surface area contributed by atoms with Gasteiger partial charge in [0.05, 0.1) is 0 Å². The molecule has 0 unspecified atom stereocenters. The van der Waals surface area contributed by atoms with Gasteiger partial charge >= 0.3 is 0 Å². The second kappa shape index (κ2) is 11.7. The van der Waals surface area contributed by atoms with Crippen LogP contribution in [0.5, 0.6) is 0 Å². The quantitative estimate of drug-likeness (QED) is 0.609. The highest BCUT2D eigenvalue weighted by molar-refractivity contribution is 4.30. The summed E-state index contributed by atoms with van der Waals surface area (Å²) in [5.41, 5.74) is 0. The molecule has 0 rings (SSSR count). The topological polar surface area (TPSA) is 23.5 Å². The van der Waals surface area contributed by atoms with Crippen LogP contribution in [-0.4, -0.2) is 37.8 Å². The van der Waals surface area contributed by atoms with Crippen molar-refractivity contribution in [3.05, 3.63) is 0 Å². The first kappa shape index (κ1) is 12.6. The average Bonchev–Trinajstić information content (AvgIpc) is 1.82. The van der Waals surface area contributed by atoms with Crippen molar-refractivity contribution in [2.75, 3.05) is 27.7 Å². The van der Waals surface area contributed by atoms with Gasteiger partial charge in [0, 0.05) is 6.61 Å². The number of aliphatic hydroxyl groups is 1. The van der Waals surface area contributed by atoms with Crippen molar-refractivity contribution < 1.29 is 5.11 Å². The molecule has 10 heavy (non-hydrogen) atoms. The highest BCUT2D eigenvalue weighted by atomic mass is 16.2. The molecule has 0 aliphatic carbocycles. The van der Waals surface area contributed by atoms with E-state index in [0.29, 0.717) is 6.61 Å². The molecular formula is C8H21NO. The molecule has 2 heteroatoms. The van der Waals surface area contributed by atoms with Gasteiger partial charge in [-0.05, 0) is 27.6 Å². The lowest BCUT2D eigenvalue weighted by atomic mass is 10.3. The summed E-state index contributed by atoms with van der Waals surface area (Å²) in [7, 11) is 6.00. The van der Waals surface area contributed by atoms with Crippen molar-refractivity contribution in [3.8, 4) is 0 Å². The number of hydrogen-bond donors (Lipinski definition) is 1. The summed E-state index contributed by atoms with van der Waals surface area (Å²) >= 11 is 0. The summed E-state index contributed by atoms with van der Waals surface area (Å²) in [6.45, 7) is 2.48. The summed E-state index contributed by atoms with van der Waals surface area (Å²) in [6, 6.07) is 0. The Morgan fingerprint density at radius 3 is 1.60 bits per heavy atom. The average molecular weight is 147 g/mol. The Balaban J connectivity index is 0. The molecule has 0 bridgehead atoms. The van der Waals surface area contributed by atoms with E-state index >= 15 is 0 Å². The van der Waals surface area contributed by atoms with E-state index in [2.05, 4.69) is 6.92 Å². The molecule has 64 valence electrons. The third-order valence-corrected chi connectivity index (χ3v) is 0.762. The van der Waals surface area contributed by atoms with Crippen molar-refractivity contribution in [3.63, 3.8) is 0 Å². The van der Waals surface area contributed by atoms with Crippen LogP contribution in [0.4, 0.5) is 0 Å². The summed E-state index contributed by atoms with van der Waals surface area (Å²) in [5, 5.41) is 8.20. The maximum atomic E-state index is 8.20. The van der Waals surface area contributed by atoms with E-state index in [4.69, 9.17) is 5.11 Å². The largest absolute Gasteiger partial charge is 0.396 e. The maximum absolute atomic E-state index is 8.20. The van der Waals surface area contributed by atoms with E-state index in [0.717, 1.165) is 12.8 Å². The maximum Gasteiger partial charge on any atom is 0.0431 e. The molecule has 0 aromatic rings. The Bertz CT molecular complexity index is 39.8. The number of nitrogens with zero attached hydrogens (tertiary/aromatic N) is 1. The van der Waals surface area contributed by atoms with E-state index < -0.39 is 0 Å². The minimum atomic E-state index is 0.355. The van der Waals surface area contributed by atoms with E-state index in [-0.39, 0.29) is 0 Å². The first-order valence-corrected chi connectivity index (χ1v) is 3.86. The van der Waals surface area contributed by atoms with Crippen molar-refractivity contribution in [1.82, 2.24) is 4.90 Å². The minimum Gasteiger partial charge on any atom is -0.396 e. The van der Waals surface area contributed by atoms with E-state index in [1.54, 1.807) is 0 Å². The van der Waals surface area contributed by atoms with E-state index in [1.807, 2.05) is 26.0 Å². The predicted molar refractivity (Wildman–Crippen MR) is 46.2 cm³/mol. The smallest absolute Gasteiger partial charge is 0.0431 e. The number of rotatable bonds is 3. The van der Waals surface area contributed by atoms with Crippen LogP contribution in [0.25, 0.3) is 0 Å². The van der Waals surface area contributed by atoms with Crippen molar-refractivity contribution >= 4 is 0 Å². The fourth-order valence-electron chi connectivity index (χ4n) is 0.362. The van der Waals surface area contributed by atoms with Gasteiger partial charge in [-0.1, -0.05) is 19.8 Å². The number of unbranched alkanes of at least 4 members (excludes halogenated alkanes) is 2. The van der Waals surface area contributed by atoms with Crippen LogP contribution in [-0.2, 0) is 0 Å². The third-order valence-electron chi connectivity index (χ3n) is 0.762. The Hall–Kier alpha value is -0.0800. The highest BCUT2D eigenvalue weighted by Gasteiger charge is 1.76. The lowest BCUT2D eigenvalue weighted by Crippen LogP contribution is -1.99. The standard InChI is InChI=1S/C5H12O.C3H9N/c1-2-3-4-5-6;1-4(2)3/h6H,2-5H2,1H3;1-3H3. The van der Waals surface area contributed by atoms with Crippen LogP contribution in [0.3, 0.4) is 0 Å². The van der Waals surface area contributed by atoms with Gasteiger partial charge in [-0.3, -0.25) is 0 Å². The van der Waals surface area contributed by atoms with Crippen LogP contribution in [0.15, 0.2) is 0 Å². The van der Waals surface area contributed by atoms with Gasteiger partial charge in [0.2, 0.25) is 0 Å². The molecule has 0 aromatic carbocycles. The Morgan fingerprint density at radius 1 is 1.10 bits per heavy atom. The highest BCUT2D eigenvalue weighted by Crippen LogP contribution is 1.89. The zero-order chi connectivity index (χ0) is 8.41. The molecule has 0 aliphatic rings. The van der Waals surface area contributed by atoms with Crippen LogP contribution in [0, 0.1) is 0 Å². The molecule has 0 fully saturated rings. The molecule has 0 aliphatic heterocycles. The molecule has 0 heterocycles. The fraction of sp³-hybridized carbons (Fsp3) is 1.00. The molecule has 0 spiro atoms. The van der Waals surface area contributed by atoms with Gasteiger partial charge in [0.15, 0.2) is 0 Å². The van der Waals surface area contributed by atoms with Crippen LogP contribution in [0.1, 0.15) is 26.2 Å². The lowest BCUT2D eigenvalue weighted by molar-refractivity contribution is 0.284. The second-order valence-electron chi connectivity index (χ2n) is 2.77. The van der Waals surface area contributed by atoms with Crippen LogP contribution < -0.4 is 0 Å². The molecule has 0 saturated heterocycles. The molecule has 0 aromatic heterocycles. The molecular weight excluding hydrogens is 126 g/mol. The Kier molecular flexibility index (Phi) is 14.7. The molecule has 0 amide bonds. The third kappa shape index (κ3) is 44.5. The van der Waals surface area contributed by atoms with E-state index in [9.17, 15) is 0 Å². The summed E-state index contributed by atoms with van der Waals surface area (Å²) < 4.78 is 0.